The largest absolute Gasteiger partial charge is 0.323 e. The SMILES string of the molecule is Cc1ccc(C(N)CS(=O)(=O)c2ccc(C)c(C)c2)cc1. The molecule has 0 saturated carbocycles. The van der Waals surface area contributed by atoms with Gasteiger partial charge in [-0.2, -0.15) is 0 Å². The Kier molecular flexibility index (Phi) is 4.49. The van der Waals surface area contributed by atoms with Gasteiger partial charge in [0, 0.05) is 6.04 Å². The van der Waals surface area contributed by atoms with Gasteiger partial charge in [0.2, 0.25) is 0 Å². The molecule has 1 atom stereocenters. The minimum absolute atomic E-state index is 0.0848. The van der Waals surface area contributed by atoms with Gasteiger partial charge in [0.15, 0.2) is 9.84 Å². The van der Waals surface area contributed by atoms with E-state index in [0.717, 1.165) is 22.3 Å². The highest BCUT2D eigenvalue weighted by molar-refractivity contribution is 7.91. The first kappa shape index (κ1) is 15.7. The maximum Gasteiger partial charge on any atom is 0.180 e. The maximum atomic E-state index is 12.5. The van der Waals surface area contributed by atoms with Crippen LogP contribution in [0.3, 0.4) is 0 Å². The Morgan fingerprint density at radius 2 is 1.57 bits per heavy atom. The third-order valence-electron chi connectivity index (χ3n) is 3.74. The van der Waals surface area contributed by atoms with Crippen LogP contribution >= 0.6 is 0 Å². The molecular weight excluding hydrogens is 282 g/mol. The van der Waals surface area contributed by atoms with Crippen LogP contribution in [0.5, 0.6) is 0 Å². The van der Waals surface area contributed by atoms with Gasteiger partial charge in [0.25, 0.3) is 0 Å². The molecule has 0 fully saturated rings. The summed E-state index contributed by atoms with van der Waals surface area (Å²) in [6.07, 6.45) is 0. The van der Waals surface area contributed by atoms with Crippen molar-refractivity contribution in [3.05, 3.63) is 64.7 Å². The maximum absolute atomic E-state index is 12.5. The number of hydrogen-bond donors (Lipinski definition) is 1. The van der Waals surface area contributed by atoms with Crippen molar-refractivity contribution >= 4 is 9.84 Å². The minimum Gasteiger partial charge on any atom is -0.323 e. The Morgan fingerprint density at radius 3 is 2.14 bits per heavy atom. The lowest BCUT2D eigenvalue weighted by Crippen LogP contribution is -2.22. The van der Waals surface area contributed by atoms with E-state index in [1.54, 1.807) is 12.1 Å². The fourth-order valence-corrected chi connectivity index (χ4v) is 3.64. The fraction of sp³-hybridized carbons (Fsp3) is 0.294. The van der Waals surface area contributed by atoms with Gasteiger partial charge in [-0.25, -0.2) is 8.42 Å². The molecule has 0 bridgehead atoms. The van der Waals surface area contributed by atoms with Crippen molar-refractivity contribution in [3.63, 3.8) is 0 Å². The van der Waals surface area contributed by atoms with Crippen molar-refractivity contribution < 1.29 is 8.42 Å². The van der Waals surface area contributed by atoms with E-state index in [1.807, 2.05) is 51.1 Å². The lowest BCUT2D eigenvalue weighted by molar-refractivity contribution is 0.589. The van der Waals surface area contributed by atoms with Crippen LogP contribution < -0.4 is 5.73 Å². The molecule has 0 aromatic heterocycles. The molecule has 2 N–H and O–H groups in total. The zero-order valence-corrected chi connectivity index (χ0v) is 13.4. The van der Waals surface area contributed by atoms with Gasteiger partial charge in [0.1, 0.15) is 0 Å². The molecule has 0 amide bonds. The van der Waals surface area contributed by atoms with Crippen LogP contribution in [0.15, 0.2) is 47.4 Å². The zero-order valence-electron chi connectivity index (χ0n) is 12.6. The summed E-state index contributed by atoms with van der Waals surface area (Å²) < 4.78 is 24.9. The molecule has 2 rings (SSSR count). The number of benzene rings is 2. The van der Waals surface area contributed by atoms with Crippen molar-refractivity contribution in [1.29, 1.82) is 0 Å². The van der Waals surface area contributed by atoms with Crippen molar-refractivity contribution in [3.8, 4) is 0 Å². The van der Waals surface area contributed by atoms with E-state index in [2.05, 4.69) is 0 Å². The smallest absolute Gasteiger partial charge is 0.180 e. The topological polar surface area (TPSA) is 60.2 Å². The van der Waals surface area contributed by atoms with Crippen LogP contribution in [0.2, 0.25) is 0 Å². The first-order chi connectivity index (χ1) is 9.79. The molecule has 0 heterocycles. The number of hydrogen-bond acceptors (Lipinski definition) is 3. The van der Waals surface area contributed by atoms with Crippen molar-refractivity contribution in [2.24, 2.45) is 5.73 Å². The van der Waals surface area contributed by atoms with Gasteiger partial charge in [-0.05, 0) is 49.6 Å². The number of rotatable bonds is 4. The molecule has 2 aromatic carbocycles. The Morgan fingerprint density at radius 1 is 0.952 bits per heavy atom. The quantitative estimate of drug-likeness (QED) is 0.944. The molecule has 0 spiro atoms. The average Bonchev–Trinajstić information content (AvgIpc) is 2.42. The fourth-order valence-electron chi connectivity index (χ4n) is 2.15. The van der Waals surface area contributed by atoms with Gasteiger partial charge < -0.3 is 5.73 Å². The van der Waals surface area contributed by atoms with Crippen LogP contribution in [0.1, 0.15) is 28.3 Å². The van der Waals surface area contributed by atoms with E-state index >= 15 is 0 Å². The first-order valence-corrected chi connectivity index (χ1v) is 8.57. The van der Waals surface area contributed by atoms with Crippen LogP contribution in [-0.4, -0.2) is 14.2 Å². The van der Waals surface area contributed by atoms with Gasteiger partial charge in [-0.1, -0.05) is 35.9 Å². The predicted molar refractivity (Wildman–Crippen MR) is 86.1 cm³/mol. The Hall–Kier alpha value is -1.65. The predicted octanol–water partition coefficient (Wildman–Crippen LogP) is 3.09. The summed E-state index contributed by atoms with van der Waals surface area (Å²) in [5, 5.41) is 0. The van der Waals surface area contributed by atoms with E-state index in [1.165, 1.54) is 0 Å². The lowest BCUT2D eigenvalue weighted by Gasteiger charge is -2.14. The average molecular weight is 303 g/mol. The third kappa shape index (κ3) is 3.71. The van der Waals surface area contributed by atoms with Gasteiger partial charge >= 0.3 is 0 Å². The van der Waals surface area contributed by atoms with E-state index in [4.69, 9.17) is 5.73 Å². The summed E-state index contributed by atoms with van der Waals surface area (Å²) in [5.74, 6) is -0.0848. The van der Waals surface area contributed by atoms with E-state index in [9.17, 15) is 8.42 Å². The van der Waals surface area contributed by atoms with Crippen LogP contribution in [0, 0.1) is 20.8 Å². The molecule has 0 aliphatic heterocycles. The molecule has 3 nitrogen and oxygen atoms in total. The van der Waals surface area contributed by atoms with E-state index in [-0.39, 0.29) is 5.75 Å². The number of aryl methyl sites for hydroxylation is 3. The zero-order chi connectivity index (χ0) is 15.6. The standard InChI is InChI=1S/C17H21NO2S/c1-12-4-7-15(8-5-12)17(18)11-21(19,20)16-9-6-13(2)14(3)10-16/h4-10,17H,11,18H2,1-3H3. The minimum atomic E-state index is -3.38. The van der Waals surface area contributed by atoms with Gasteiger partial charge in [0.05, 0.1) is 10.6 Å². The molecule has 2 aromatic rings. The highest BCUT2D eigenvalue weighted by Gasteiger charge is 2.20. The van der Waals surface area contributed by atoms with Crippen molar-refractivity contribution in [2.75, 3.05) is 5.75 Å². The number of sulfone groups is 1. The summed E-state index contributed by atoms with van der Waals surface area (Å²) in [6.45, 7) is 5.86. The van der Waals surface area contributed by atoms with Gasteiger partial charge in [-0.15, -0.1) is 0 Å². The Balaban J connectivity index is 2.24. The summed E-state index contributed by atoms with van der Waals surface area (Å²) in [5.41, 5.74) is 10.1. The van der Waals surface area contributed by atoms with Gasteiger partial charge in [-0.3, -0.25) is 0 Å². The molecule has 0 saturated heterocycles. The molecule has 1 unspecified atom stereocenters. The second kappa shape index (κ2) is 6.00. The summed E-state index contributed by atoms with van der Waals surface area (Å²) in [6, 6.07) is 12.3. The summed E-state index contributed by atoms with van der Waals surface area (Å²) in [4.78, 5) is 0.341. The summed E-state index contributed by atoms with van der Waals surface area (Å²) >= 11 is 0. The number of nitrogens with two attached hydrogens (primary N) is 1. The van der Waals surface area contributed by atoms with E-state index in [0.29, 0.717) is 4.90 Å². The first-order valence-electron chi connectivity index (χ1n) is 6.92. The molecule has 0 radical (unpaired) electrons. The highest BCUT2D eigenvalue weighted by atomic mass is 32.2. The molecular formula is C17H21NO2S. The molecule has 112 valence electrons. The second-order valence-corrected chi connectivity index (χ2v) is 7.58. The Bertz CT molecular complexity index is 734. The Labute approximate surface area is 126 Å². The highest BCUT2D eigenvalue weighted by Crippen LogP contribution is 2.20. The summed E-state index contributed by atoms with van der Waals surface area (Å²) in [7, 11) is -3.38. The van der Waals surface area contributed by atoms with Crippen LogP contribution in [0.25, 0.3) is 0 Å². The molecule has 0 aliphatic rings. The molecule has 4 heteroatoms. The normalized spacial score (nSPS) is 13.1. The third-order valence-corrected chi connectivity index (χ3v) is 5.51. The van der Waals surface area contributed by atoms with E-state index < -0.39 is 15.9 Å². The second-order valence-electron chi connectivity index (χ2n) is 5.54. The van der Waals surface area contributed by atoms with Crippen LogP contribution in [-0.2, 0) is 9.84 Å². The van der Waals surface area contributed by atoms with Crippen molar-refractivity contribution in [1.82, 2.24) is 0 Å². The van der Waals surface area contributed by atoms with Crippen LogP contribution in [0.4, 0.5) is 0 Å². The molecule has 0 aliphatic carbocycles. The lowest BCUT2D eigenvalue weighted by atomic mass is 10.1. The monoisotopic (exact) mass is 303 g/mol. The van der Waals surface area contributed by atoms with Crippen molar-refractivity contribution in [2.45, 2.75) is 31.7 Å². The molecule has 21 heavy (non-hydrogen) atoms.